The number of sulfonamides is 1. The molecule has 4 nitrogen and oxygen atoms in total. The second kappa shape index (κ2) is 4.59. The Bertz CT molecular complexity index is 697. The number of benzene rings is 2. The molecule has 0 amide bonds. The molecule has 0 saturated carbocycles. The van der Waals surface area contributed by atoms with E-state index in [1.165, 1.54) is 0 Å². The average molecular weight is 274 g/mol. The van der Waals surface area contributed by atoms with Crippen molar-refractivity contribution in [2.75, 3.05) is 16.6 Å². The predicted octanol–water partition coefficient (Wildman–Crippen LogP) is 2.46. The van der Waals surface area contributed by atoms with E-state index < -0.39 is 10.0 Å². The Kier molecular flexibility index (Phi) is 2.91. The minimum absolute atomic E-state index is 0.272. The molecular formula is C14H14N2O2S. The zero-order chi connectivity index (χ0) is 13.3. The summed E-state index contributed by atoms with van der Waals surface area (Å²) in [7, 11) is -3.50. The van der Waals surface area contributed by atoms with Crippen LogP contribution in [0, 0.1) is 0 Å². The summed E-state index contributed by atoms with van der Waals surface area (Å²) in [5, 5.41) is 3.24. The summed E-state index contributed by atoms with van der Waals surface area (Å²) < 4.78 is 27.0. The lowest BCUT2D eigenvalue weighted by Crippen LogP contribution is -2.12. The highest BCUT2D eigenvalue weighted by Crippen LogP contribution is 2.26. The van der Waals surface area contributed by atoms with Crippen molar-refractivity contribution in [3.8, 4) is 0 Å². The number of hydrogen-bond donors (Lipinski definition) is 2. The molecule has 2 N–H and O–H groups in total. The Morgan fingerprint density at radius 2 is 1.84 bits per heavy atom. The second-order valence-corrected chi connectivity index (χ2v) is 6.15. The van der Waals surface area contributed by atoms with E-state index in [1.54, 1.807) is 36.4 Å². The first kappa shape index (κ1) is 12.0. The van der Waals surface area contributed by atoms with Gasteiger partial charge in [-0.3, -0.25) is 4.72 Å². The van der Waals surface area contributed by atoms with Crippen LogP contribution >= 0.6 is 0 Å². The summed E-state index contributed by atoms with van der Waals surface area (Å²) in [6.45, 7) is 0.907. The van der Waals surface area contributed by atoms with Gasteiger partial charge in [-0.15, -0.1) is 0 Å². The molecule has 0 aromatic heterocycles. The molecule has 1 aliphatic rings. The van der Waals surface area contributed by atoms with Crippen LogP contribution in [0.4, 0.5) is 11.4 Å². The van der Waals surface area contributed by atoms with Gasteiger partial charge in [-0.05, 0) is 42.3 Å². The Morgan fingerprint density at radius 3 is 2.63 bits per heavy atom. The first-order valence-corrected chi connectivity index (χ1v) is 7.58. The molecule has 0 aliphatic carbocycles. The summed E-state index contributed by atoms with van der Waals surface area (Å²) in [4.78, 5) is 0.272. The predicted molar refractivity (Wildman–Crippen MR) is 75.9 cm³/mol. The molecule has 2 aromatic rings. The van der Waals surface area contributed by atoms with Gasteiger partial charge in [0.15, 0.2) is 0 Å². The number of anilines is 2. The summed E-state index contributed by atoms with van der Waals surface area (Å²) in [5.74, 6) is 0. The van der Waals surface area contributed by atoms with E-state index in [0.29, 0.717) is 5.69 Å². The normalized spacial score (nSPS) is 13.7. The third kappa shape index (κ3) is 2.42. The van der Waals surface area contributed by atoms with Crippen LogP contribution in [-0.2, 0) is 16.4 Å². The molecule has 5 heteroatoms. The summed E-state index contributed by atoms with van der Waals surface area (Å²) in [6, 6.07) is 13.9. The molecule has 0 unspecified atom stereocenters. The molecule has 1 heterocycles. The molecule has 2 aromatic carbocycles. The van der Waals surface area contributed by atoms with E-state index >= 15 is 0 Å². The number of fused-ring (bicyclic) bond motifs is 1. The monoisotopic (exact) mass is 274 g/mol. The van der Waals surface area contributed by atoms with Gasteiger partial charge in [0.05, 0.1) is 4.90 Å². The fourth-order valence-corrected chi connectivity index (χ4v) is 3.25. The molecule has 0 bridgehead atoms. The zero-order valence-electron chi connectivity index (χ0n) is 10.3. The molecule has 19 heavy (non-hydrogen) atoms. The van der Waals surface area contributed by atoms with Crippen LogP contribution in [0.15, 0.2) is 53.4 Å². The third-order valence-corrected chi connectivity index (χ3v) is 4.52. The molecule has 0 saturated heterocycles. The fraction of sp³-hybridized carbons (Fsp3) is 0.143. The largest absolute Gasteiger partial charge is 0.384 e. The van der Waals surface area contributed by atoms with Crippen LogP contribution in [0.3, 0.4) is 0 Å². The Labute approximate surface area is 112 Å². The van der Waals surface area contributed by atoms with E-state index in [2.05, 4.69) is 10.0 Å². The average Bonchev–Trinajstić information content (AvgIpc) is 2.87. The highest BCUT2D eigenvalue weighted by Gasteiger charge is 2.15. The molecular weight excluding hydrogens is 260 g/mol. The second-order valence-electron chi connectivity index (χ2n) is 4.47. The maximum absolute atomic E-state index is 12.2. The highest BCUT2D eigenvalue weighted by atomic mass is 32.2. The minimum atomic E-state index is -3.50. The first-order valence-electron chi connectivity index (χ1n) is 6.10. The molecule has 98 valence electrons. The van der Waals surface area contributed by atoms with Gasteiger partial charge in [-0.2, -0.15) is 0 Å². The van der Waals surface area contributed by atoms with Gasteiger partial charge in [0, 0.05) is 17.9 Å². The summed E-state index contributed by atoms with van der Waals surface area (Å²) >= 11 is 0. The topological polar surface area (TPSA) is 58.2 Å². The Balaban J connectivity index is 1.89. The van der Waals surface area contributed by atoms with E-state index in [0.717, 1.165) is 24.2 Å². The van der Waals surface area contributed by atoms with Crippen molar-refractivity contribution < 1.29 is 8.42 Å². The van der Waals surface area contributed by atoms with E-state index in [9.17, 15) is 8.42 Å². The summed E-state index contributed by atoms with van der Waals surface area (Å²) in [5.41, 5.74) is 2.84. The number of nitrogens with one attached hydrogen (secondary N) is 2. The van der Waals surface area contributed by atoms with Gasteiger partial charge in [-0.25, -0.2) is 8.42 Å². The maximum Gasteiger partial charge on any atom is 0.261 e. The van der Waals surface area contributed by atoms with Crippen LogP contribution in [0.5, 0.6) is 0 Å². The Hall–Kier alpha value is -2.01. The van der Waals surface area contributed by atoms with Crippen LogP contribution in [-0.4, -0.2) is 15.0 Å². The standard InChI is InChI=1S/C14H14N2O2S/c17-19(18,13-4-2-1-3-5-13)16-12-6-7-14-11(10-12)8-9-15-14/h1-7,10,15-16H,8-9H2. The number of hydrogen-bond acceptors (Lipinski definition) is 3. The van der Waals surface area contributed by atoms with Gasteiger partial charge in [0.2, 0.25) is 0 Å². The van der Waals surface area contributed by atoms with Gasteiger partial charge in [-0.1, -0.05) is 18.2 Å². The van der Waals surface area contributed by atoms with Crippen molar-refractivity contribution in [3.63, 3.8) is 0 Å². The third-order valence-electron chi connectivity index (χ3n) is 3.12. The highest BCUT2D eigenvalue weighted by molar-refractivity contribution is 7.92. The van der Waals surface area contributed by atoms with Crippen molar-refractivity contribution in [2.24, 2.45) is 0 Å². The SMILES string of the molecule is O=S(=O)(Nc1ccc2c(c1)CCN2)c1ccccc1. The lowest BCUT2D eigenvalue weighted by molar-refractivity contribution is 0.601. The summed E-state index contributed by atoms with van der Waals surface area (Å²) in [6.07, 6.45) is 0.927. The Morgan fingerprint density at radius 1 is 1.05 bits per heavy atom. The van der Waals surface area contributed by atoms with Crippen molar-refractivity contribution in [1.82, 2.24) is 0 Å². The molecule has 0 spiro atoms. The van der Waals surface area contributed by atoms with Crippen molar-refractivity contribution in [3.05, 3.63) is 54.1 Å². The zero-order valence-corrected chi connectivity index (χ0v) is 11.1. The van der Waals surface area contributed by atoms with Gasteiger partial charge >= 0.3 is 0 Å². The number of rotatable bonds is 3. The van der Waals surface area contributed by atoms with Crippen LogP contribution in [0.2, 0.25) is 0 Å². The van der Waals surface area contributed by atoms with Crippen LogP contribution in [0.1, 0.15) is 5.56 Å². The molecule has 0 radical (unpaired) electrons. The quantitative estimate of drug-likeness (QED) is 0.904. The molecule has 1 aliphatic heterocycles. The van der Waals surface area contributed by atoms with Gasteiger partial charge < -0.3 is 5.32 Å². The van der Waals surface area contributed by atoms with Gasteiger partial charge in [0.25, 0.3) is 10.0 Å². The maximum atomic E-state index is 12.2. The van der Waals surface area contributed by atoms with Crippen molar-refractivity contribution in [2.45, 2.75) is 11.3 Å². The minimum Gasteiger partial charge on any atom is -0.384 e. The van der Waals surface area contributed by atoms with Gasteiger partial charge in [0.1, 0.15) is 0 Å². The lowest BCUT2D eigenvalue weighted by Gasteiger charge is -2.09. The van der Waals surface area contributed by atoms with Crippen molar-refractivity contribution >= 4 is 21.4 Å². The molecule has 0 fully saturated rings. The van der Waals surface area contributed by atoms with E-state index in [1.807, 2.05) is 12.1 Å². The van der Waals surface area contributed by atoms with Crippen LogP contribution in [0.25, 0.3) is 0 Å². The van der Waals surface area contributed by atoms with Crippen LogP contribution < -0.4 is 10.0 Å². The first-order chi connectivity index (χ1) is 9.15. The molecule has 3 rings (SSSR count). The smallest absolute Gasteiger partial charge is 0.261 e. The molecule has 0 atom stereocenters. The van der Waals surface area contributed by atoms with E-state index in [-0.39, 0.29) is 4.90 Å². The fourth-order valence-electron chi connectivity index (χ4n) is 2.18. The van der Waals surface area contributed by atoms with Crippen molar-refractivity contribution in [1.29, 1.82) is 0 Å². The lowest BCUT2D eigenvalue weighted by atomic mass is 10.1. The van der Waals surface area contributed by atoms with E-state index in [4.69, 9.17) is 0 Å².